The molecule has 0 radical (unpaired) electrons. The molecule has 4 nitrogen and oxygen atoms in total. The van der Waals surface area contributed by atoms with Gasteiger partial charge in [0.05, 0.1) is 16.5 Å². The molecule has 2 aromatic rings. The molecular formula is C20H28N2O2S3. The van der Waals surface area contributed by atoms with E-state index >= 15 is 0 Å². The highest BCUT2D eigenvalue weighted by atomic mass is 32.2. The number of thiazole rings is 1. The van der Waals surface area contributed by atoms with Gasteiger partial charge in [-0.3, -0.25) is 0 Å². The van der Waals surface area contributed by atoms with Crippen LogP contribution in [-0.2, 0) is 22.6 Å². The van der Waals surface area contributed by atoms with Crippen LogP contribution in [0.4, 0.5) is 0 Å². The first-order chi connectivity index (χ1) is 13.0. The Balaban J connectivity index is 1.48. The van der Waals surface area contributed by atoms with E-state index in [2.05, 4.69) is 24.1 Å². The van der Waals surface area contributed by atoms with Crippen molar-refractivity contribution < 1.29 is 8.76 Å². The molecule has 148 valence electrons. The molecule has 0 saturated carbocycles. The van der Waals surface area contributed by atoms with Crippen LogP contribution in [0.25, 0.3) is 0 Å². The van der Waals surface area contributed by atoms with Gasteiger partial charge in [0.15, 0.2) is 11.1 Å². The van der Waals surface area contributed by atoms with E-state index in [-0.39, 0.29) is 5.75 Å². The van der Waals surface area contributed by atoms with Crippen molar-refractivity contribution in [2.45, 2.75) is 49.0 Å². The van der Waals surface area contributed by atoms with Crippen LogP contribution in [0, 0.1) is 5.92 Å². The molecule has 0 spiro atoms. The van der Waals surface area contributed by atoms with Crippen molar-refractivity contribution in [2.75, 3.05) is 19.6 Å². The number of hydrogen-bond acceptors (Lipinski definition) is 5. The Kier molecular flexibility index (Phi) is 7.90. The van der Waals surface area contributed by atoms with Crippen LogP contribution in [0.3, 0.4) is 0 Å². The van der Waals surface area contributed by atoms with Crippen LogP contribution >= 0.6 is 23.1 Å². The molecule has 1 saturated heterocycles. The summed E-state index contributed by atoms with van der Waals surface area (Å²) in [5.74, 6) is 2.42. The number of nitrogens with zero attached hydrogens (tertiary/aromatic N) is 2. The molecule has 3 rings (SSSR count). The van der Waals surface area contributed by atoms with Crippen LogP contribution < -0.4 is 0 Å². The lowest BCUT2D eigenvalue weighted by Gasteiger charge is -2.32. The Hall–Kier alpha value is -0.730. The lowest BCUT2D eigenvalue weighted by molar-refractivity contribution is 0.192. The topological polar surface area (TPSA) is 53.4 Å². The fourth-order valence-corrected chi connectivity index (χ4v) is 5.80. The van der Waals surface area contributed by atoms with Gasteiger partial charge in [0, 0.05) is 28.5 Å². The molecule has 1 fully saturated rings. The van der Waals surface area contributed by atoms with Gasteiger partial charge in [-0.05, 0) is 49.5 Å². The SMILES string of the molecule is CC(C)CN1CCC(c2nc(CSc3ccc(CS(=O)O)cc3)cs2)CC1. The van der Waals surface area contributed by atoms with E-state index in [0.29, 0.717) is 5.92 Å². The van der Waals surface area contributed by atoms with Crippen molar-refractivity contribution >= 4 is 34.2 Å². The summed E-state index contributed by atoms with van der Waals surface area (Å²) >= 11 is 1.80. The molecule has 0 bridgehead atoms. The Bertz CT molecular complexity index is 738. The molecule has 2 heterocycles. The predicted molar refractivity (Wildman–Crippen MR) is 116 cm³/mol. The van der Waals surface area contributed by atoms with E-state index in [4.69, 9.17) is 9.54 Å². The zero-order valence-corrected chi connectivity index (χ0v) is 18.4. The minimum Gasteiger partial charge on any atom is -0.306 e. The van der Waals surface area contributed by atoms with Crippen molar-refractivity contribution in [2.24, 2.45) is 5.92 Å². The Morgan fingerprint density at radius 1 is 1.30 bits per heavy atom. The number of aromatic nitrogens is 1. The molecule has 1 N–H and O–H groups in total. The third kappa shape index (κ3) is 6.68. The van der Waals surface area contributed by atoms with Crippen LogP contribution in [0.1, 0.15) is 48.9 Å². The summed E-state index contributed by atoms with van der Waals surface area (Å²) in [6, 6.07) is 7.89. The highest BCUT2D eigenvalue weighted by Crippen LogP contribution is 2.32. The maximum absolute atomic E-state index is 10.9. The Morgan fingerprint density at radius 3 is 2.63 bits per heavy atom. The van der Waals surface area contributed by atoms with Crippen LogP contribution in [0.2, 0.25) is 0 Å². The van der Waals surface area contributed by atoms with E-state index in [1.54, 1.807) is 11.8 Å². The number of benzene rings is 1. The summed E-state index contributed by atoms with van der Waals surface area (Å²) in [6.45, 7) is 8.17. The third-order valence-corrected chi connectivity index (χ3v) is 7.41. The summed E-state index contributed by atoms with van der Waals surface area (Å²) < 4.78 is 19.8. The summed E-state index contributed by atoms with van der Waals surface area (Å²) in [7, 11) is 0. The number of piperidine rings is 1. The van der Waals surface area contributed by atoms with Gasteiger partial charge in [-0.15, -0.1) is 23.1 Å². The quantitative estimate of drug-likeness (QED) is 0.478. The van der Waals surface area contributed by atoms with Gasteiger partial charge in [-0.1, -0.05) is 26.0 Å². The smallest absolute Gasteiger partial charge is 0.157 e. The lowest BCUT2D eigenvalue weighted by Crippen LogP contribution is -2.35. The van der Waals surface area contributed by atoms with Gasteiger partial charge >= 0.3 is 0 Å². The maximum Gasteiger partial charge on any atom is 0.157 e. The first-order valence-electron chi connectivity index (χ1n) is 9.45. The van der Waals surface area contributed by atoms with Gasteiger partial charge in [0.2, 0.25) is 0 Å². The van der Waals surface area contributed by atoms with Gasteiger partial charge in [0.1, 0.15) is 0 Å². The van der Waals surface area contributed by atoms with Crippen molar-refractivity contribution in [1.29, 1.82) is 0 Å². The molecule has 1 aliphatic heterocycles. The van der Waals surface area contributed by atoms with Gasteiger partial charge in [-0.25, -0.2) is 9.19 Å². The highest BCUT2D eigenvalue weighted by Gasteiger charge is 2.23. The highest BCUT2D eigenvalue weighted by molar-refractivity contribution is 7.98. The Labute approximate surface area is 173 Å². The van der Waals surface area contributed by atoms with Crippen molar-refractivity contribution in [3.63, 3.8) is 0 Å². The molecular weight excluding hydrogens is 396 g/mol. The standard InChI is InChI=1S/C20H28N2O2S3/c1-15(2)11-22-9-7-17(8-10-22)20-21-18(13-26-20)12-25-19-5-3-16(4-6-19)14-27(23)24/h3-6,13,15,17H,7-12,14H2,1-2H3,(H,23,24). The number of rotatable bonds is 8. The molecule has 1 unspecified atom stereocenters. The predicted octanol–water partition coefficient (Wildman–Crippen LogP) is 4.99. The van der Waals surface area contributed by atoms with E-state index in [9.17, 15) is 4.21 Å². The second-order valence-electron chi connectivity index (χ2n) is 7.54. The lowest BCUT2D eigenvalue weighted by atomic mass is 9.97. The number of likely N-dealkylation sites (tertiary alicyclic amines) is 1. The number of hydrogen-bond donors (Lipinski definition) is 1. The minimum atomic E-state index is -1.78. The zero-order valence-electron chi connectivity index (χ0n) is 16.0. The van der Waals surface area contributed by atoms with Crippen molar-refractivity contribution in [3.05, 3.63) is 45.9 Å². The monoisotopic (exact) mass is 424 g/mol. The van der Waals surface area contributed by atoms with Crippen LogP contribution in [0.15, 0.2) is 34.5 Å². The summed E-state index contributed by atoms with van der Waals surface area (Å²) in [5.41, 5.74) is 2.05. The van der Waals surface area contributed by atoms with E-state index in [0.717, 1.165) is 22.9 Å². The minimum absolute atomic E-state index is 0.191. The second kappa shape index (κ2) is 10.2. The second-order valence-corrected chi connectivity index (χ2v) is 10.4. The fraction of sp³-hybridized carbons (Fsp3) is 0.550. The van der Waals surface area contributed by atoms with Gasteiger partial charge in [-0.2, -0.15) is 0 Å². The van der Waals surface area contributed by atoms with E-state index in [1.165, 1.54) is 42.4 Å². The average molecular weight is 425 g/mol. The largest absolute Gasteiger partial charge is 0.306 e. The molecule has 1 aromatic heterocycles. The molecule has 1 atom stereocenters. The first-order valence-corrected chi connectivity index (χ1v) is 12.6. The van der Waals surface area contributed by atoms with Gasteiger partial charge in [0.25, 0.3) is 0 Å². The summed E-state index contributed by atoms with van der Waals surface area (Å²) in [6.07, 6.45) is 2.45. The summed E-state index contributed by atoms with van der Waals surface area (Å²) in [5, 5.41) is 3.50. The normalized spacial score (nSPS) is 17.5. The molecule has 27 heavy (non-hydrogen) atoms. The maximum atomic E-state index is 10.9. The molecule has 0 amide bonds. The van der Waals surface area contributed by atoms with E-state index < -0.39 is 11.1 Å². The van der Waals surface area contributed by atoms with Crippen molar-refractivity contribution in [3.8, 4) is 0 Å². The van der Waals surface area contributed by atoms with Gasteiger partial charge < -0.3 is 9.45 Å². The molecule has 7 heteroatoms. The zero-order chi connectivity index (χ0) is 19.2. The van der Waals surface area contributed by atoms with Crippen LogP contribution in [-0.4, -0.2) is 38.3 Å². The van der Waals surface area contributed by atoms with E-state index in [1.807, 2.05) is 35.6 Å². The number of thioether (sulfide) groups is 1. The fourth-order valence-electron chi connectivity index (χ4n) is 3.44. The third-order valence-electron chi connectivity index (χ3n) is 4.73. The molecule has 1 aliphatic rings. The van der Waals surface area contributed by atoms with Crippen LogP contribution in [0.5, 0.6) is 0 Å². The Morgan fingerprint density at radius 2 is 2.00 bits per heavy atom. The summed E-state index contributed by atoms with van der Waals surface area (Å²) in [4.78, 5) is 8.65. The average Bonchev–Trinajstić information content (AvgIpc) is 3.10. The molecule has 1 aromatic carbocycles. The molecule has 0 aliphatic carbocycles. The van der Waals surface area contributed by atoms with Crippen molar-refractivity contribution in [1.82, 2.24) is 9.88 Å². The first kappa shape index (κ1) is 21.0.